The highest BCUT2D eigenvalue weighted by atomic mass is 16.3. The third-order valence-corrected chi connectivity index (χ3v) is 11.4. The van der Waals surface area contributed by atoms with Crippen molar-refractivity contribution < 1.29 is 8.83 Å². The summed E-state index contributed by atoms with van der Waals surface area (Å²) in [5.41, 5.74) is 8.62. The zero-order valence-electron chi connectivity index (χ0n) is 30.0. The molecular formula is C51H31N3O2. The van der Waals surface area contributed by atoms with Crippen molar-refractivity contribution in [3.8, 4) is 11.1 Å². The number of nitrogens with zero attached hydrogens (tertiary/aromatic N) is 2. The summed E-state index contributed by atoms with van der Waals surface area (Å²) in [7, 11) is 0. The van der Waals surface area contributed by atoms with Crippen molar-refractivity contribution in [3.63, 3.8) is 0 Å². The van der Waals surface area contributed by atoms with E-state index < -0.39 is 6.17 Å². The Balaban J connectivity index is 1.10. The number of hydrogen-bond donors (Lipinski definition) is 1. The Bertz CT molecular complexity index is 3480. The third kappa shape index (κ3) is 4.61. The molecule has 0 fully saturated rings. The molecule has 56 heavy (non-hydrogen) atoms. The first kappa shape index (κ1) is 30.9. The van der Waals surface area contributed by atoms with E-state index in [4.69, 9.17) is 18.8 Å². The summed E-state index contributed by atoms with van der Waals surface area (Å²) in [6, 6.07) is 61.5. The van der Waals surface area contributed by atoms with Crippen LogP contribution in [-0.4, -0.2) is 11.7 Å². The van der Waals surface area contributed by atoms with E-state index in [-0.39, 0.29) is 0 Å². The Kier molecular flexibility index (Phi) is 6.63. The first-order valence-corrected chi connectivity index (χ1v) is 18.9. The number of fused-ring (bicyclic) bond motifs is 10. The van der Waals surface area contributed by atoms with Crippen molar-refractivity contribution in [2.45, 2.75) is 6.17 Å². The van der Waals surface area contributed by atoms with Crippen LogP contribution in [-0.2, 0) is 0 Å². The van der Waals surface area contributed by atoms with E-state index >= 15 is 0 Å². The van der Waals surface area contributed by atoms with Crippen LogP contribution in [0.25, 0.3) is 87.3 Å². The summed E-state index contributed by atoms with van der Waals surface area (Å²) in [5, 5.41) is 15.0. The van der Waals surface area contributed by atoms with Crippen LogP contribution in [0.5, 0.6) is 0 Å². The molecule has 2 aromatic heterocycles. The molecule has 9 aromatic carbocycles. The first-order chi connectivity index (χ1) is 27.8. The lowest BCUT2D eigenvalue weighted by atomic mass is 9.92. The number of aliphatic imine (C=N–C) groups is 2. The van der Waals surface area contributed by atoms with Crippen molar-refractivity contribution >= 4 is 87.9 Å². The second kappa shape index (κ2) is 12.0. The highest BCUT2D eigenvalue weighted by Crippen LogP contribution is 2.41. The standard InChI is InChI=1S/C51H31N3O2/c1-2-14-31-30(13-1)29-43(35-18-6-3-15-32(31)35)51-53-49(52-50(54-51)42-23-11-22-39-37-19-7-9-24-44(37)56-48(39)42)40-28-27-36(33-16-4-5-17-34(33)40)38-21-12-26-46-47(38)41-20-8-10-25-45(41)55-46/h1-29,50H,(H,52,53,54). The Hall–Kier alpha value is -7.50. The summed E-state index contributed by atoms with van der Waals surface area (Å²) < 4.78 is 12.9. The summed E-state index contributed by atoms with van der Waals surface area (Å²) in [5.74, 6) is 1.42. The molecule has 1 unspecified atom stereocenters. The molecule has 3 heterocycles. The topological polar surface area (TPSA) is 63.0 Å². The lowest BCUT2D eigenvalue weighted by Gasteiger charge is -2.25. The van der Waals surface area contributed by atoms with Gasteiger partial charge in [-0.2, -0.15) is 0 Å². The van der Waals surface area contributed by atoms with Crippen molar-refractivity contribution in [3.05, 3.63) is 193 Å². The molecule has 5 heteroatoms. The lowest BCUT2D eigenvalue weighted by Crippen LogP contribution is -2.34. The van der Waals surface area contributed by atoms with Gasteiger partial charge in [0.05, 0.1) is 0 Å². The zero-order chi connectivity index (χ0) is 36.7. The molecule has 0 bridgehead atoms. The van der Waals surface area contributed by atoms with Gasteiger partial charge in [0.2, 0.25) is 0 Å². The molecule has 0 aliphatic carbocycles. The number of benzene rings is 9. The van der Waals surface area contributed by atoms with E-state index in [0.29, 0.717) is 5.84 Å². The van der Waals surface area contributed by atoms with Crippen LogP contribution in [0.3, 0.4) is 0 Å². The number of amidine groups is 2. The Morgan fingerprint density at radius 1 is 0.411 bits per heavy atom. The maximum atomic E-state index is 6.58. The van der Waals surface area contributed by atoms with Gasteiger partial charge < -0.3 is 14.2 Å². The Morgan fingerprint density at radius 3 is 1.82 bits per heavy atom. The van der Waals surface area contributed by atoms with E-state index in [1.165, 1.54) is 10.8 Å². The Morgan fingerprint density at radius 2 is 1.00 bits per heavy atom. The second-order valence-electron chi connectivity index (χ2n) is 14.5. The molecule has 0 saturated heterocycles. The molecule has 0 spiro atoms. The van der Waals surface area contributed by atoms with Crippen LogP contribution < -0.4 is 5.32 Å². The smallest absolute Gasteiger partial charge is 0.160 e. The van der Waals surface area contributed by atoms with Crippen LogP contribution in [0.1, 0.15) is 22.9 Å². The van der Waals surface area contributed by atoms with E-state index in [9.17, 15) is 0 Å². The van der Waals surface area contributed by atoms with Crippen LogP contribution in [0.2, 0.25) is 0 Å². The second-order valence-corrected chi connectivity index (χ2v) is 14.5. The van der Waals surface area contributed by atoms with Gasteiger partial charge in [0.25, 0.3) is 0 Å². The predicted molar refractivity (Wildman–Crippen MR) is 231 cm³/mol. The number of furan rings is 2. The number of hydrogen-bond acceptors (Lipinski definition) is 5. The molecule has 1 aliphatic rings. The monoisotopic (exact) mass is 717 g/mol. The van der Waals surface area contributed by atoms with Crippen molar-refractivity contribution in [1.29, 1.82) is 0 Å². The minimum absolute atomic E-state index is 0.475. The van der Waals surface area contributed by atoms with Gasteiger partial charge in [-0.1, -0.05) is 146 Å². The third-order valence-electron chi connectivity index (χ3n) is 11.4. The number of para-hydroxylation sites is 3. The van der Waals surface area contributed by atoms with Crippen molar-refractivity contribution in [1.82, 2.24) is 5.32 Å². The summed E-state index contributed by atoms with van der Waals surface area (Å²) in [4.78, 5) is 10.9. The molecule has 1 atom stereocenters. The molecule has 11 aromatic rings. The molecular weight excluding hydrogens is 687 g/mol. The first-order valence-electron chi connectivity index (χ1n) is 18.9. The van der Waals surface area contributed by atoms with Crippen molar-refractivity contribution in [2.24, 2.45) is 9.98 Å². The average Bonchev–Trinajstić information content (AvgIpc) is 3.84. The maximum absolute atomic E-state index is 6.58. The molecule has 5 nitrogen and oxygen atoms in total. The van der Waals surface area contributed by atoms with Crippen LogP contribution >= 0.6 is 0 Å². The lowest BCUT2D eigenvalue weighted by molar-refractivity contribution is 0.629. The van der Waals surface area contributed by atoms with Gasteiger partial charge in [-0.3, -0.25) is 0 Å². The number of nitrogens with one attached hydrogen (secondary N) is 1. The van der Waals surface area contributed by atoms with Gasteiger partial charge in [0.1, 0.15) is 28.2 Å². The van der Waals surface area contributed by atoms with Crippen LogP contribution in [0.15, 0.2) is 195 Å². The molecule has 1 aliphatic heterocycles. The average molecular weight is 718 g/mol. The van der Waals surface area contributed by atoms with Gasteiger partial charge in [0, 0.05) is 38.2 Å². The van der Waals surface area contributed by atoms with E-state index in [0.717, 1.165) is 99.1 Å². The molecule has 1 N–H and O–H groups in total. The van der Waals surface area contributed by atoms with Gasteiger partial charge >= 0.3 is 0 Å². The summed E-state index contributed by atoms with van der Waals surface area (Å²) in [6.07, 6.45) is -0.475. The van der Waals surface area contributed by atoms with Gasteiger partial charge in [-0.25, -0.2) is 9.98 Å². The summed E-state index contributed by atoms with van der Waals surface area (Å²) in [6.45, 7) is 0. The summed E-state index contributed by atoms with van der Waals surface area (Å²) >= 11 is 0. The maximum Gasteiger partial charge on any atom is 0.160 e. The molecule has 12 rings (SSSR count). The quantitative estimate of drug-likeness (QED) is 0.184. The van der Waals surface area contributed by atoms with Crippen LogP contribution in [0, 0.1) is 0 Å². The highest BCUT2D eigenvalue weighted by molar-refractivity contribution is 6.25. The molecule has 0 radical (unpaired) electrons. The van der Waals surface area contributed by atoms with Gasteiger partial charge in [-0.05, 0) is 73.8 Å². The fourth-order valence-corrected chi connectivity index (χ4v) is 8.83. The molecule has 262 valence electrons. The van der Waals surface area contributed by atoms with E-state index in [1.807, 2.05) is 24.3 Å². The van der Waals surface area contributed by atoms with Gasteiger partial charge in [-0.15, -0.1) is 0 Å². The van der Waals surface area contributed by atoms with Crippen molar-refractivity contribution in [2.75, 3.05) is 0 Å². The Labute approximate surface area is 320 Å². The SMILES string of the molecule is c1ccc2c(c1)cc(C1=NC(c3ccc(-c4cccc5oc6ccccc6c45)c4ccccc34)=NC(c3cccc4c3oc3ccccc34)N1)c1ccccc12. The number of rotatable bonds is 4. The minimum Gasteiger partial charge on any atom is -0.456 e. The zero-order valence-corrected chi connectivity index (χ0v) is 30.0. The fraction of sp³-hybridized carbons (Fsp3) is 0.0196. The molecule has 0 amide bonds. The highest BCUT2D eigenvalue weighted by Gasteiger charge is 2.27. The minimum atomic E-state index is -0.475. The van der Waals surface area contributed by atoms with Crippen LogP contribution in [0.4, 0.5) is 0 Å². The van der Waals surface area contributed by atoms with E-state index in [1.54, 1.807) is 0 Å². The predicted octanol–water partition coefficient (Wildman–Crippen LogP) is 13.1. The fourth-order valence-electron chi connectivity index (χ4n) is 8.83. The molecule has 0 saturated carbocycles. The van der Waals surface area contributed by atoms with Gasteiger partial charge in [0.15, 0.2) is 12.0 Å². The largest absolute Gasteiger partial charge is 0.456 e. The normalized spacial score (nSPS) is 14.6. The van der Waals surface area contributed by atoms with E-state index in [2.05, 4.69) is 157 Å².